The van der Waals surface area contributed by atoms with Crippen molar-refractivity contribution < 1.29 is 27.9 Å². The van der Waals surface area contributed by atoms with E-state index in [0.717, 1.165) is 12.3 Å². The fourth-order valence-corrected chi connectivity index (χ4v) is 2.09. The molecule has 0 bridgehead atoms. The lowest BCUT2D eigenvalue weighted by Crippen LogP contribution is -2.24. The lowest BCUT2D eigenvalue weighted by molar-refractivity contribution is -0.394. The molecule has 0 saturated carbocycles. The largest absolute Gasteiger partial charge is 0.378 e. The van der Waals surface area contributed by atoms with E-state index in [9.17, 15) is 33.4 Å². The lowest BCUT2D eigenvalue weighted by Gasteiger charge is -2.02. The molecule has 14 heteroatoms. The van der Waals surface area contributed by atoms with E-state index in [1.165, 1.54) is 0 Å². The van der Waals surface area contributed by atoms with E-state index in [1.807, 2.05) is 4.72 Å². The topological polar surface area (TPSA) is 183 Å². The molecule has 1 aromatic carbocycles. The Morgan fingerprint density at radius 2 is 1.96 bits per heavy atom. The molecule has 0 aliphatic carbocycles. The summed E-state index contributed by atoms with van der Waals surface area (Å²) in [5, 5.41) is 27.5. The van der Waals surface area contributed by atoms with Crippen molar-refractivity contribution in [2.24, 2.45) is 5.16 Å². The fourth-order valence-electron chi connectivity index (χ4n) is 1.82. The van der Waals surface area contributed by atoms with Crippen molar-refractivity contribution in [1.82, 2.24) is 4.72 Å². The van der Waals surface area contributed by atoms with Gasteiger partial charge in [0.1, 0.15) is 5.56 Å². The molecular formula is C10H9N5O8S. The van der Waals surface area contributed by atoms with Crippen LogP contribution in [0.15, 0.2) is 17.3 Å². The number of benzene rings is 1. The molecule has 0 radical (unpaired) electrons. The van der Waals surface area contributed by atoms with E-state index in [4.69, 9.17) is 0 Å². The van der Waals surface area contributed by atoms with Gasteiger partial charge in [-0.2, -0.15) is 4.72 Å². The molecule has 1 aliphatic heterocycles. The van der Waals surface area contributed by atoms with Crippen LogP contribution < -0.4 is 10.0 Å². The zero-order chi connectivity index (χ0) is 18.1. The van der Waals surface area contributed by atoms with Gasteiger partial charge < -0.3 is 10.2 Å². The summed E-state index contributed by atoms with van der Waals surface area (Å²) >= 11 is 0. The maximum absolute atomic E-state index is 11.8. The van der Waals surface area contributed by atoms with Crippen LogP contribution in [0.2, 0.25) is 0 Å². The summed E-state index contributed by atoms with van der Waals surface area (Å²) < 4.78 is 23.7. The number of carbonyl (C=O) groups is 1. The monoisotopic (exact) mass is 359 g/mol. The highest BCUT2D eigenvalue weighted by atomic mass is 32.2. The number of anilines is 1. The van der Waals surface area contributed by atoms with Crippen LogP contribution in [0.25, 0.3) is 0 Å². The number of non-ortho nitro benzene ring substituents is 1. The molecule has 0 fully saturated rings. The van der Waals surface area contributed by atoms with Crippen LogP contribution in [-0.2, 0) is 19.7 Å². The second-order valence-electron chi connectivity index (χ2n) is 4.49. The van der Waals surface area contributed by atoms with Crippen LogP contribution in [0, 0.1) is 20.2 Å². The summed E-state index contributed by atoms with van der Waals surface area (Å²) in [7, 11) is -3.56. The Hall–Kier alpha value is -3.13. The van der Waals surface area contributed by atoms with Gasteiger partial charge in [-0.3, -0.25) is 25.0 Å². The SMILES string of the molecule is CS(=O)(=O)NCO/N=C1\C(=O)Nc2cc([N+](=O)[O-])cc([N+](=O)[O-])c21. The number of amides is 1. The first kappa shape index (κ1) is 17.2. The molecule has 0 unspecified atom stereocenters. The van der Waals surface area contributed by atoms with E-state index in [1.54, 1.807) is 0 Å². The molecule has 1 aromatic rings. The molecule has 13 nitrogen and oxygen atoms in total. The molecule has 128 valence electrons. The molecule has 0 spiro atoms. The maximum atomic E-state index is 11.8. The quantitative estimate of drug-likeness (QED) is 0.299. The van der Waals surface area contributed by atoms with E-state index >= 15 is 0 Å². The number of oxime groups is 1. The predicted molar refractivity (Wildman–Crippen MR) is 78.8 cm³/mol. The Balaban J connectivity index is 2.41. The normalized spacial score (nSPS) is 15.0. The van der Waals surface area contributed by atoms with Gasteiger partial charge in [-0.15, -0.1) is 0 Å². The first-order valence-electron chi connectivity index (χ1n) is 6.03. The Morgan fingerprint density at radius 1 is 1.29 bits per heavy atom. The van der Waals surface area contributed by atoms with E-state index in [2.05, 4.69) is 15.3 Å². The van der Waals surface area contributed by atoms with Crippen LogP contribution in [0.3, 0.4) is 0 Å². The smallest absolute Gasteiger partial charge is 0.288 e. The Bertz CT molecular complexity index is 877. The van der Waals surface area contributed by atoms with Crippen LogP contribution in [0.1, 0.15) is 5.56 Å². The number of nitro groups is 2. The summed E-state index contributed by atoms with van der Waals surface area (Å²) in [4.78, 5) is 36.6. The molecule has 1 aliphatic rings. The number of hydrogen-bond donors (Lipinski definition) is 2. The van der Waals surface area contributed by atoms with E-state index < -0.39 is 49.6 Å². The fraction of sp³-hybridized carbons (Fsp3) is 0.200. The predicted octanol–water partition coefficient (Wildman–Crippen LogP) is -0.318. The standard InChI is InChI=1S/C10H9N5O8S/c1-24(21,22)11-4-23-13-9-8-6(12-10(9)16)2-5(14(17)18)3-7(8)15(19)20/h2-3,11H,4H2,1H3,(H,12,13,16). The number of fused-ring (bicyclic) bond motifs is 1. The maximum Gasteiger partial charge on any atom is 0.288 e. The number of nitro benzene ring substituents is 2. The van der Waals surface area contributed by atoms with Gasteiger partial charge >= 0.3 is 0 Å². The van der Waals surface area contributed by atoms with Gasteiger partial charge in [0.25, 0.3) is 17.3 Å². The molecule has 1 heterocycles. The van der Waals surface area contributed by atoms with Gasteiger partial charge in [0.15, 0.2) is 12.4 Å². The number of nitrogens with one attached hydrogen (secondary N) is 2. The van der Waals surface area contributed by atoms with Crippen LogP contribution >= 0.6 is 0 Å². The lowest BCUT2D eigenvalue weighted by atomic mass is 10.1. The zero-order valence-corrected chi connectivity index (χ0v) is 12.7. The molecule has 0 atom stereocenters. The highest BCUT2D eigenvalue weighted by molar-refractivity contribution is 7.88. The Morgan fingerprint density at radius 3 is 2.50 bits per heavy atom. The minimum Gasteiger partial charge on any atom is -0.378 e. The third kappa shape index (κ3) is 3.61. The minimum absolute atomic E-state index is 0.167. The van der Waals surface area contributed by atoms with Crippen molar-refractivity contribution in [2.45, 2.75) is 0 Å². The molecular weight excluding hydrogens is 350 g/mol. The van der Waals surface area contributed by atoms with Crippen LogP contribution in [-0.4, -0.2) is 42.9 Å². The van der Waals surface area contributed by atoms with Crippen molar-refractivity contribution in [1.29, 1.82) is 0 Å². The first-order valence-corrected chi connectivity index (χ1v) is 7.92. The summed E-state index contributed by atoms with van der Waals surface area (Å²) in [5.41, 5.74) is -2.24. The Kier molecular flexibility index (Phi) is 4.43. The highest BCUT2D eigenvalue weighted by Crippen LogP contribution is 2.36. The highest BCUT2D eigenvalue weighted by Gasteiger charge is 2.37. The summed E-state index contributed by atoms with van der Waals surface area (Å²) in [6.07, 6.45) is 0.866. The van der Waals surface area contributed by atoms with E-state index in [-0.39, 0.29) is 11.3 Å². The summed E-state index contributed by atoms with van der Waals surface area (Å²) in [6, 6.07) is 1.63. The molecule has 2 N–H and O–H groups in total. The first-order chi connectivity index (χ1) is 11.1. The molecule has 0 saturated heterocycles. The minimum atomic E-state index is -3.56. The number of rotatable bonds is 6. The van der Waals surface area contributed by atoms with Crippen LogP contribution in [0.4, 0.5) is 17.1 Å². The average Bonchev–Trinajstić information content (AvgIpc) is 2.76. The van der Waals surface area contributed by atoms with Gasteiger partial charge in [0, 0.05) is 6.07 Å². The summed E-state index contributed by atoms with van der Waals surface area (Å²) in [6.45, 7) is -0.605. The summed E-state index contributed by atoms with van der Waals surface area (Å²) in [5.74, 6) is -0.882. The number of nitrogens with zero attached hydrogens (tertiary/aromatic N) is 3. The second kappa shape index (κ2) is 6.17. The van der Waals surface area contributed by atoms with Crippen molar-refractivity contribution in [3.8, 4) is 0 Å². The second-order valence-corrected chi connectivity index (χ2v) is 6.32. The molecule has 2 rings (SSSR count). The molecule has 1 amide bonds. The number of hydrogen-bond acceptors (Lipinski definition) is 9. The molecule has 24 heavy (non-hydrogen) atoms. The number of carbonyl (C=O) groups excluding carboxylic acids is 1. The third-order valence-electron chi connectivity index (χ3n) is 2.75. The van der Waals surface area contributed by atoms with Crippen molar-refractivity contribution >= 4 is 38.7 Å². The van der Waals surface area contributed by atoms with Gasteiger partial charge in [-0.05, 0) is 0 Å². The third-order valence-corrected chi connectivity index (χ3v) is 3.39. The van der Waals surface area contributed by atoms with Crippen molar-refractivity contribution in [3.05, 3.63) is 37.9 Å². The van der Waals surface area contributed by atoms with Crippen LogP contribution in [0.5, 0.6) is 0 Å². The molecule has 0 aromatic heterocycles. The average molecular weight is 359 g/mol. The van der Waals surface area contributed by atoms with Gasteiger partial charge in [0.05, 0.1) is 27.9 Å². The zero-order valence-electron chi connectivity index (χ0n) is 11.9. The van der Waals surface area contributed by atoms with Crippen molar-refractivity contribution in [3.63, 3.8) is 0 Å². The van der Waals surface area contributed by atoms with Gasteiger partial charge in [0.2, 0.25) is 10.0 Å². The van der Waals surface area contributed by atoms with E-state index in [0.29, 0.717) is 6.07 Å². The Labute approximate surface area is 133 Å². The van der Waals surface area contributed by atoms with Gasteiger partial charge in [-0.25, -0.2) is 8.42 Å². The number of sulfonamides is 1. The van der Waals surface area contributed by atoms with Crippen molar-refractivity contribution in [2.75, 3.05) is 18.3 Å². The van der Waals surface area contributed by atoms with Gasteiger partial charge in [-0.1, -0.05) is 5.16 Å².